The van der Waals surface area contributed by atoms with E-state index in [2.05, 4.69) is 15.5 Å². The van der Waals surface area contributed by atoms with Gasteiger partial charge in [-0.15, -0.1) is 0 Å². The quantitative estimate of drug-likeness (QED) is 0.827. The molecule has 19 heavy (non-hydrogen) atoms. The minimum Gasteiger partial charge on any atom is -0.465 e. The third kappa shape index (κ3) is 2.93. The summed E-state index contributed by atoms with van der Waals surface area (Å²) in [6, 6.07) is 7.24. The maximum Gasteiger partial charge on any atom is 0.337 e. The lowest BCUT2D eigenvalue weighted by Crippen LogP contribution is -2.04. The first-order valence-corrected chi connectivity index (χ1v) is 6.04. The van der Waals surface area contributed by atoms with E-state index < -0.39 is 0 Å². The van der Waals surface area contributed by atoms with Crippen molar-refractivity contribution in [1.29, 1.82) is 0 Å². The molecule has 1 heterocycles. The summed E-state index contributed by atoms with van der Waals surface area (Å²) in [7, 11) is 1.38. The summed E-state index contributed by atoms with van der Waals surface area (Å²) >= 11 is 0. The number of carbonyl (C=O) groups is 1. The smallest absolute Gasteiger partial charge is 0.337 e. The van der Waals surface area contributed by atoms with Crippen LogP contribution in [0.1, 0.15) is 27.3 Å². The number of hydrogen-bond donors (Lipinski definition) is 2. The Morgan fingerprint density at radius 1 is 1.42 bits per heavy atom. The predicted molar refractivity (Wildman–Crippen MR) is 73.2 cm³/mol. The number of aromatic nitrogens is 2. The van der Waals surface area contributed by atoms with Crippen LogP contribution in [0.4, 0.5) is 5.69 Å². The maximum absolute atomic E-state index is 11.4. The Hall–Kier alpha value is -2.30. The topological polar surface area (TPSA) is 67.0 Å². The Labute approximate surface area is 112 Å². The van der Waals surface area contributed by atoms with E-state index in [4.69, 9.17) is 4.74 Å². The third-order valence-electron chi connectivity index (χ3n) is 3.03. The maximum atomic E-state index is 11.4. The third-order valence-corrected chi connectivity index (χ3v) is 3.03. The van der Waals surface area contributed by atoms with Gasteiger partial charge in [0.2, 0.25) is 0 Å². The van der Waals surface area contributed by atoms with E-state index in [0.29, 0.717) is 12.1 Å². The van der Waals surface area contributed by atoms with Crippen molar-refractivity contribution in [3.63, 3.8) is 0 Å². The number of carbonyl (C=O) groups excluding carboxylic acids is 1. The van der Waals surface area contributed by atoms with Crippen molar-refractivity contribution in [2.45, 2.75) is 20.4 Å². The molecule has 0 aliphatic carbocycles. The molecule has 2 aromatic rings. The van der Waals surface area contributed by atoms with Crippen molar-refractivity contribution in [3.05, 3.63) is 46.8 Å². The van der Waals surface area contributed by atoms with Gasteiger partial charge in [0.1, 0.15) is 0 Å². The van der Waals surface area contributed by atoms with Crippen LogP contribution in [0.25, 0.3) is 0 Å². The van der Waals surface area contributed by atoms with E-state index in [1.807, 2.05) is 26.0 Å². The first-order chi connectivity index (χ1) is 9.11. The molecule has 0 amide bonds. The molecular weight excluding hydrogens is 242 g/mol. The number of benzene rings is 1. The number of nitrogens with one attached hydrogen (secondary N) is 2. The molecule has 0 saturated carbocycles. The van der Waals surface area contributed by atoms with Crippen molar-refractivity contribution >= 4 is 11.7 Å². The van der Waals surface area contributed by atoms with E-state index in [-0.39, 0.29) is 5.97 Å². The normalized spacial score (nSPS) is 10.3. The number of esters is 1. The van der Waals surface area contributed by atoms with Crippen LogP contribution in [0.5, 0.6) is 0 Å². The van der Waals surface area contributed by atoms with Gasteiger partial charge in [0.25, 0.3) is 0 Å². The Kier molecular flexibility index (Phi) is 3.85. The molecule has 2 N–H and O–H groups in total. The fourth-order valence-electron chi connectivity index (χ4n) is 1.90. The summed E-state index contributed by atoms with van der Waals surface area (Å²) in [5.74, 6) is -0.334. The van der Waals surface area contributed by atoms with E-state index >= 15 is 0 Å². The molecule has 0 bridgehead atoms. The fraction of sp³-hybridized carbons (Fsp3) is 0.286. The second-order valence-electron chi connectivity index (χ2n) is 4.34. The van der Waals surface area contributed by atoms with Crippen molar-refractivity contribution in [1.82, 2.24) is 10.2 Å². The Morgan fingerprint density at radius 2 is 2.21 bits per heavy atom. The van der Waals surface area contributed by atoms with Gasteiger partial charge in [0, 0.05) is 23.5 Å². The van der Waals surface area contributed by atoms with Crippen LogP contribution in [-0.4, -0.2) is 23.3 Å². The van der Waals surface area contributed by atoms with Crippen LogP contribution in [0.3, 0.4) is 0 Å². The minimum atomic E-state index is -0.334. The molecule has 0 radical (unpaired) electrons. The summed E-state index contributed by atoms with van der Waals surface area (Å²) in [4.78, 5) is 11.4. The zero-order valence-electron chi connectivity index (χ0n) is 11.3. The highest BCUT2D eigenvalue weighted by Gasteiger charge is 2.08. The first kappa shape index (κ1) is 13.1. The second kappa shape index (κ2) is 5.56. The molecule has 1 aromatic heterocycles. The lowest BCUT2D eigenvalue weighted by Gasteiger charge is -2.08. The molecule has 5 nitrogen and oxygen atoms in total. The van der Waals surface area contributed by atoms with E-state index in [1.165, 1.54) is 7.11 Å². The van der Waals surface area contributed by atoms with Crippen LogP contribution in [0, 0.1) is 13.8 Å². The molecule has 5 heteroatoms. The van der Waals surface area contributed by atoms with E-state index in [0.717, 1.165) is 22.6 Å². The van der Waals surface area contributed by atoms with Crippen molar-refractivity contribution in [3.8, 4) is 0 Å². The molecular formula is C14H17N3O2. The van der Waals surface area contributed by atoms with Gasteiger partial charge < -0.3 is 10.1 Å². The number of aryl methyl sites for hydroxylation is 2. The highest BCUT2D eigenvalue weighted by Crippen LogP contribution is 2.15. The molecule has 1 aromatic carbocycles. The van der Waals surface area contributed by atoms with Crippen LogP contribution in [0.2, 0.25) is 0 Å². The van der Waals surface area contributed by atoms with Gasteiger partial charge >= 0.3 is 5.97 Å². The summed E-state index contributed by atoms with van der Waals surface area (Å²) in [5, 5.41) is 10.4. The number of hydrogen-bond acceptors (Lipinski definition) is 4. The van der Waals surface area contributed by atoms with Gasteiger partial charge in [-0.25, -0.2) is 4.79 Å². The van der Waals surface area contributed by atoms with Gasteiger partial charge in [-0.05, 0) is 32.0 Å². The van der Waals surface area contributed by atoms with E-state index in [1.54, 1.807) is 12.1 Å². The van der Waals surface area contributed by atoms with Crippen molar-refractivity contribution < 1.29 is 9.53 Å². The fourth-order valence-corrected chi connectivity index (χ4v) is 1.90. The lowest BCUT2D eigenvalue weighted by molar-refractivity contribution is 0.0601. The molecule has 0 spiro atoms. The van der Waals surface area contributed by atoms with Gasteiger partial charge in [-0.1, -0.05) is 6.07 Å². The largest absolute Gasteiger partial charge is 0.465 e. The summed E-state index contributed by atoms with van der Waals surface area (Å²) in [6.07, 6.45) is 0. The summed E-state index contributed by atoms with van der Waals surface area (Å²) in [6.45, 7) is 4.62. The van der Waals surface area contributed by atoms with Crippen molar-refractivity contribution in [2.75, 3.05) is 12.4 Å². The molecule has 0 aliphatic heterocycles. The van der Waals surface area contributed by atoms with Crippen LogP contribution in [-0.2, 0) is 11.3 Å². The average molecular weight is 259 g/mol. The number of ether oxygens (including phenoxy) is 1. The number of rotatable bonds is 4. The molecule has 0 unspecified atom stereocenters. The lowest BCUT2D eigenvalue weighted by atomic mass is 10.1. The van der Waals surface area contributed by atoms with Gasteiger partial charge in [-0.3, -0.25) is 5.10 Å². The Morgan fingerprint density at radius 3 is 2.84 bits per heavy atom. The Balaban J connectivity index is 2.10. The molecule has 0 saturated heterocycles. The number of methoxy groups -OCH3 is 1. The number of aromatic amines is 1. The standard InChI is InChI=1S/C14H17N3O2/c1-9-13(10(2)17-16-9)8-15-12-6-4-5-11(7-12)14(18)19-3/h4-7,15H,8H2,1-3H3,(H,16,17). The van der Waals surface area contributed by atoms with Gasteiger partial charge in [-0.2, -0.15) is 5.10 Å². The zero-order chi connectivity index (χ0) is 13.8. The highest BCUT2D eigenvalue weighted by atomic mass is 16.5. The van der Waals surface area contributed by atoms with E-state index in [9.17, 15) is 4.79 Å². The molecule has 0 atom stereocenters. The molecule has 2 rings (SSSR count). The van der Waals surface area contributed by atoms with Crippen LogP contribution < -0.4 is 5.32 Å². The van der Waals surface area contributed by atoms with Crippen LogP contribution in [0.15, 0.2) is 24.3 Å². The average Bonchev–Trinajstić information content (AvgIpc) is 2.75. The second-order valence-corrected chi connectivity index (χ2v) is 4.34. The van der Waals surface area contributed by atoms with Gasteiger partial charge in [0.15, 0.2) is 0 Å². The summed E-state index contributed by atoms with van der Waals surface area (Å²) < 4.78 is 4.70. The monoisotopic (exact) mass is 259 g/mol. The summed E-state index contributed by atoms with van der Waals surface area (Å²) in [5.41, 5.74) is 4.59. The van der Waals surface area contributed by atoms with Crippen molar-refractivity contribution in [2.24, 2.45) is 0 Å². The van der Waals surface area contributed by atoms with Gasteiger partial charge in [0.05, 0.1) is 18.4 Å². The van der Waals surface area contributed by atoms with Crippen LogP contribution >= 0.6 is 0 Å². The zero-order valence-corrected chi connectivity index (χ0v) is 11.3. The first-order valence-electron chi connectivity index (χ1n) is 6.04. The highest BCUT2D eigenvalue weighted by molar-refractivity contribution is 5.90. The number of nitrogens with zero attached hydrogens (tertiary/aromatic N) is 1. The molecule has 0 aliphatic rings. The molecule has 0 fully saturated rings. The Bertz CT molecular complexity index is 571. The number of H-pyrrole nitrogens is 1. The molecule has 100 valence electrons. The predicted octanol–water partition coefficient (Wildman–Crippen LogP) is 2.43. The minimum absolute atomic E-state index is 0.334. The SMILES string of the molecule is COC(=O)c1cccc(NCc2c(C)n[nH]c2C)c1. The number of anilines is 1.